The maximum atomic E-state index is 9.86. The van der Waals surface area contributed by atoms with E-state index < -0.39 is 0 Å². The standard InChI is InChI=1S/C9H12N2.C3H8GeO/c1-3-8(7-10-5-1)9-4-2-6-11-9;1-3(5)2-4/h1,3,5,7,9,11H,2,4,6H2;2H2,1,4H3. The Morgan fingerprint density at radius 3 is 2.88 bits per heavy atom. The summed E-state index contributed by atoms with van der Waals surface area (Å²) in [6.45, 7) is 2.78. The van der Waals surface area contributed by atoms with E-state index in [9.17, 15) is 4.79 Å². The average molecular weight is 281 g/mol. The Morgan fingerprint density at radius 2 is 2.44 bits per heavy atom. The molecule has 1 aliphatic heterocycles. The zero-order valence-electron chi connectivity index (χ0n) is 10.1. The SMILES string of the molecule is CC(=O)[CH2][GeH3].c1cncc(C2CCCN2)c1. The van der Waals surface area contributed by atoms with Crippen LogP contribution in [-0.4, -0.2) is 33.8 Å². The van der Waals surface area contributed by atoms with Gasteiger partial charge in [-0.05, 0) is 31.0 Å². The molecule has 0 aliphatic carbocycles. The predicted octanol–water partition coefficient (Wildman–Crippen LogP) is 0.865. The molecule has 4 heteroatoms. The van der Waals surface area contributed by atoms with Gasteiger partial charge >= 0.3 is 39.3 Å². The summed E-state index contributed by atoms with van der Waals surface area (Å²) in [4.78, 5) is 13.9. The second kappa shape index (κ2) is 7.57. The van der Waals surface area contributed by atoms with Gasteiger partial charge in [-0.1, -0.05) is 6.07 Å². The van der Waals surface area contributed by atoms with E-state index in [0.717, 1.165) is 28.3 Å². The van der Waals surface area contributed by atoms with Gasteiger partial charge in [0.15, 0.2) is 0 Å². The van der Waals surface area contributed by atoms with Crippen LogP contribution in [0.3, 0.4) is 0 Å². The molecule has 1 saturated heterocycles. The van der Waals surface area contributed by atoms with Crippen molar-refractivity contribution < 1.29 is 4.79 Å². The average Bonchev–Trinajstić information content (AvgIpc) is 2.84. The number of nitrogens with one attached hydrogen (secondary N) is 1. The Morgan fingerprint density at radius 1 is 1.69 bits per heavy atom. The van der Waals surface area contributed by atoms with Crippen LogP contribution < -0.4 is 5.32 Å². The molecule has 1 atom stereocenters. The molecule has 16 heavy (non-hydrogen) atoms. The third-order valence-corrected chi connectivity index (χ3v) is 4.73. The van der Waals surface area contributed by atoms with Crippen LogP contribution in [0.25, 0.3) is 0 Å². The smallest absolute Gasteiger partial charge is 0.0335 e. The summed E-state index contributed by atoms with van der Waals surface area (Å²) in [5.41, 5.74) is 1.32. The molecule has 0 radical (unpaired) electrons. The van der Waals surface area contributed by atoms with Crippen LogP contribution >= 0.6 is 0 Å². The number of ketones is 1. The Bertz CT molecular complexity index is 310. The van der Waals surface area contributed by atoms with Gasteiger partial charge < -0.3 is 5.32 Å². The van der Waals surface area contributed by atoms with Crippen molar-refractivity contribution >= 4 is 22.3 Å². The van der Waals surface area contributed by atoms with E-state index in [4.69, 9.17) is 0 Å². The zero-order valence-corrected chi connectivity index (χ0v) is 14.3. The second-order valence-electron chi connectivity index (χ2n) is 3.99. The van der Waals surface area contributed by atoms with Crippen LogP contribution in [0.15, 0.2) is 24.5 Å². The van der Waals surface area contributed by atoms with Crippen LogP contribution in [0.4, 0.5) is 0 Å². The Kier molecular flexibility index (Phi) is 6.34. The van der Waals surface area contributed by atoms with Crippen molar-refractivity contribution in [3.05, 3.63) is 30.1 Å². The Hall–Kier alpha value is -0.677. The molecular weight excluding hydrogens is 261 g/mol. The fourth-order valence-corrected chi connectivity index (χ4v) is 1.55. The number of hydrogen-bond donors (Lipinski definition) is 1. The van der Waals surface area contributed by atoms with E-state index in [-0.39, 0.29) is 0 Å². The maximum absolute atomic E-state index is 9.86. The van der Waals surface area contributed by atoms with Crippen molar-refractivity contribution in [1.82, 2.24) is 10.3 Å². The van der Waals surface area contributed by atoms with Crippen molar-refractivity contribution in [3.8, 4) is 0 Å². The first-order chi connectivity index (χ1) is 7.74. The number of carbonyl (C=O) groups is 1. The normalized spacial score (nSPS) is 18.9. The monoisotopic (exact) mass is 282 g/mol. The van der Waals surface area contributed by atoms with Crippen molar-refractivity contribution in [3.63, 3.8) is 0 Å². The molecule has 1 aromatic heterocycles. The second-order valence-corrected chi connectivity index (χ2v) is 5.47. The molecule has 3 nitrogen and oxygen atoms in total. The van der Waals surface area contributed by atoms with Gasteiger partial charge in [-0.2, -0.15) is 0 Å². The molecule has 0 aromatic carbocycles. The van der Waals surface area contributed by atoms with Gasteiger partial charge in [0.05, 0.1) is 0 Å². The van der Waals surface area contributed by atoms with Gasteiger partial charge in [0.25, 0.3) is 0 Å². The Balaban J connectivity index is 0.000000221. The minimum Gasteiger partial charge on any atom is -0.310 e. The zero-order chi connectivity index (χ0) is 11.8. The summed E-state index contributed by atoms with van der Waals surface area (Å²) in [6, 6.07) is 4.69. The molecule has 2 heterocycles. The summed E-state index contributed by atoms with van der Waals surface area (Å²) >= 11 is 0.735. The van der Waals surface area contributed by atoms with Crippen LogP contribution in [0.2, 0.25) is 5.25 Å². The maximum Gasteiger partial charge on any atom is 0.0335 e. The number of carbonyl (C=O) groups excluding carboxylic acids is 1. The van der Waals surface area contributed by atoms with E-state index in [1.807, 2.05) is 18.5 Å². The van der Waals surface area contributed by atoms with Gasteiger partial charge in [-0.25, -0.2) is 0 Å². The topological polar surface area (TPSA) is 42.0 Å². The quantitative estimate of drug-likeness (QED) is 0.818. The van der Waals surface area contributed by atoms with Crippen molar-refractivity contribution in [1.29, 1.82) is 0 Å². The molecule has 1 unspecified atom stereocenters. The van der Waals surface area contributed by atoms with Gasteiger partial charge in [-0.15, -0.1) is 0 Å². The van der Waals surface area contributed by atoms with E-state index in [1.54, 1.807) is 6.92 Å². The minimum absolute atomic E-state index is 0.338. The van der Waals surface area contributed by atoms with E-state index in [1.165, 1.54) is 18.4 Å². The van der Waals surface area contributed by atoms with Crippen molar-refractivity contribution in [2.75, 3.05) is 6.54 Å². The molecular formula is C12H20GeN2O. The fraction of sp³-hybridized carbons (Fsp3) is 0.500. The first kappa shape index (κ1) is 13.4. The largest absolute Gasteiger partial charge is 0.310 e. The van der Waals surface area contributed by atoms with Gasteiger partial charge in [0.2, 0.25) is 0 Å². The molecule has 88 valence electrons. The first-order valence-electron chi connectivity index (χ1n) is 5.86. The number of Topliss-reactive ketones (excluding diaryl/α,β-unsaturated/α-hetero) is 1. The fourth-order valence-electron chi connectivity index (χ4n) is 1.55. The van der Waals surface area contributed by atoms with Gasteiger partial charge in [0, 0.05) is 18.4 Å². The molecule has 0 saturated carbocycles. The third-order valence-electron chi connectivity index (χ3n) is 2.64. The number of aromatic nitrogens is 1. The van der Waals surface area contributed by atoms with E-state index in [2.05, 4.69) is 16.4 Å². The number of hydrogen-bond acceptors (Lipinski definition) is 3. The number of rotatable bonds is 2. The Labute approximate surface area is 105 Å². The van der Waals surface area contributed by atoms with Crippen LogP contribution in [0, 0.1) is 0 Å². The van der Waals surface area contributed by atoms with Gasteiger partial charge in [0.1, 0.15) is 0 Å². The van der Waals surface area contributed by atoms with E-state index >= 15 is 0 Å². The predicted molar refractivity (Wildman–Crippen MR) is 69.6 cm³/mol. The summed E-state index contributed by atoms with van der Waals surface area (Å²) in [6.07, 6.45) is 6.31. The van der Waals surface area contributed by atoms with Crippen molar-refractivity contribution in [2.24, 2.45) is 0 Å². The molecule has 1 aliphatic rings. The van der Waals surface area contributed by atoms with Crippen LogP contribution in [-0.2, 0) is 4.79 Å². The third kappa shape index (κ3) is 4.90. The van der Waals surface area contributed by atoms with Crippen molar-refractivity contribution in [2.45, 2.75) is 31.1 Å². The van der Waals surface area contributed by atoms with Crippen LogP contribution in [0.1, 0.15) is 31.4 Å². The van der Waals surface area contributed by atoms with E-state index in [0.29, 0.717) is 11.8 Å². The number of nitrogens with zero attached hydrogens (tertiary/aromatic N) is 1. The van der Waals surface area contributed by atoms with Gasteiger partial charge in [-0.3, -0.25) is 4.98 Å². The molecule has 1 fully saturated rings. The first-order valence-corrected chi connectivity index (χ1v) is 8.83. The summed E-state index contributed by atoms with van der Waals surface area (Å²) in [5.74, 6) is 0.338. The molecule has 0 bridgehead atoms. The minimum atomic E-state index is 0.338. The molecule has 2 rings (SSSR count). The molecule has 1 aromatic rings. The molecule has 0 spiro atoms. The molecule has 0 amide bonds. The number of pyridine rings is 1. The summed E-state index contributed by atoms with van der Waals surface area (Å²) in [7, 11) is 0. The summed E-state index contributed by atoms with van der Waals surface area (Å²) < 4.78 is 0. The van der Waals surface area contributed by atoms with Crippen LogP contribution in [0.5, 0.6) is 0 Å². The molecule has 1 N–H and O–H groups in total. The summed E-state index contributed by atoms with van der Waals surface area (Å²) in [5, 5.41) is 4.29.